The van der Waals surface area contributed by atoms with Gasteiger partial charge < -0.3 is 19.3 Å². The number of hydrogen-bond donors (Lipinski definition) is 1. The molecule has 0 spiro atoms. The molecule has 0 aliphatic rings. The summed E-state index contributed by atoms with van der Waals surface area (Å²) >= 11 is 0. The van der Waals surface area contributed by atoms with Crippen molar-refractivity contribution in [1.29, 1.82) is 0 Å². The molecule has 0 saturated carbocycles. The van der Waals surface area contributed by atoms with Crippen LogP contribution in [0.1, 0.15) is 11.3 Å². The van der Waals surface area contributed by atoms with Crippen molar-refractivity contribution in [2.24, 2.45) is 0 Å². The van der Waals surface area contributed by atoms with E-state index in [0.29, 0.717) is 30.0 Å². The van der Waals surface area contributed by atoms with Crippen molar-refractivity contribution in [3.05, 3.63) is 84.1 Å². The molecule has 0 aliphatic heterocycles. The number of alkyl halides is 6. The molecule has 0 radical (unpaired) electrons. The number of aromatic nitrogens is 1. The predicted molar refractivity (Wildman–Crippen MR) is 103 cm³/mol. The topological polar surface area (TPSA) is 60.8 Å². The van der Waals surface area contributed by atoms with Gasteiger partial charge in [-0.15, -0.1) is 13.2 Å². The molecule has 11 heteroatoms. The van der Waals surface area contributed by atoms with Gasteiger partial charge in [-0.2, -0.15) is 13.2 Å². The molecule has 1 heterocycles. The Kier molecular flexibility index (Phi) is 7.13. The Hall–Kier alpha value is -3.31. The lowest BCUT2D eigenvalue weighted by atomic mass is 9.94. The maximum absolute atomic E-state index is 13.6. The van der Waals surface area contributed by atoms with E-state index in [4.69, 9.17) is 9.47 Å². The standard InChI is InChI=1S/C22H17F6NO4/c23-21(24,25)20(30,15-9-11-18(12-10-15)33-22(26,27)28)14-31-13-16-5-4-8-19(29-16)32-17-6-2-1-3-7-17/h1-12,30H,13-14H2. The summed E-state index contributed by atoms with van der Waals surface area (Å²) in [5, 5.41) is 10.3. The molecular formula is C22H17F6NO4. The molecule has 1 N–H and O–H groups in total. The minimum Gasteiger partial charge on any atom is -0.439 e. The molecule has 3 aromatic rings. The first-order valence-corrected chi connectivity index (χ1v) is 9.38. The normalized spacial score (nSPS) is 13.9. The predicted octanol–water partition coefficient (Wildman–Crippen LogP) is 5.74. The van der Waals surface area contributed by atoms with Gasteiger partial charge in [0.1, 0.15) is 11.5 Å². The van der Waals surface area contributed by atoms with Gasteiger partial charge in [0.15, 0.2) is 0 Å². The fourth-order valence-corrected chi connectivity index (χ4v) is 2.77. The fraction of sp³-hybridized carbons (Fsp3) is 0.227. The Labute approximate surface area is 184 Å². The number of ether oxygens (including phenoxy) is 3. The Morgan fingerprint density at radius 1 is 0.758 bits per heavy atom. The van der Waals surface area contributed by atoms with Gasteiger partial charge in [-0.05, 0) is 35.9 Å². The molecule has 0 aliphatic carbocycles. The third kappa shape index (κ3) is 6.59. The maximum Gasteiger partial charge on any atom is 0.573 e. The van der Waals surface area contributed by atoms with E-state index in [1.54, 1.807) is 42.5 Å². The third-order valence-electron chi connectivity index (χ3n) is 4.34. The Bertz CT molecular complexity index is 1040. The molecule has 0 saturated heterocycles. The van der Waals surface area contributed by atoms with Crippen LogP contribution in [0.3, 0.4) is 0 Å². The summed E-state index contributed by atoms with van der Waals surface area (Å²) in [6.07, 6.45) is -10.2. The smallest absolute Gasteiger partial charge is 0.439 e. The largest absolute Gasteiger partial charge is 0.573 e. The number of rotatable bonds is 8. The molecule has 1 aromatic heterocycles. The molecule has 0 amide bonds. The average Bonchev–Trinajstić information content (AvgIpc) is 2.73. The first-order chi connectivity index (χ1) is 15.5. The highest BCUT2D eigenvalue weighted by molar-refractivity contribution is 5.32. The molecule has 5 nitrogen and oxygen atoms in total. The van der Waals surface area contributed by atoms with E-state index in [1.807, 2.05) is 0 Å². The Morgan fingerprint density at radius 2 is 1.42 bits per heavy atom. The first kappa shape index (κ1) is 24.3. The zero-order chi connectivity index (χ0) is 24.1. The van der Waals surface area contributed by atoms with E-state index in [9.17, 15) is 31.4 Å². The number of aliphatic hydroxyl groups is 1. The lowest BCUT2D eigenvalue weighted by Crippen LogP contribution is -2.46. The Balaban J connectivity index is 1.69. The summed E-state index contributed by atoms with van der Waals surface area (Å²) in [4.78, 5) is 4.14. The van der Waals surface area contributed by atoms with Gasteiger partial charge >= 0.3 is 12.5 Å². The van der Waals surface area contributed by atoms with Crippen molar-refractivity contribution in [2.45, 2.75) is 24.7 Å². The van der Waals surface area contributed by atoms with Crippen molar-refractivity contribution in [3.8, 4) is 17.4 Å². The minimum absolute atomic E-state index is 0.189. The van der Waals surface area contributed by atoms with Crippen LogP contribution < -0.4 is 9.47 Å². The zero-order valence-electron chi connectivity index (χ0n) is 16.7. The van der Waals surface area contributed by atoms with Crippen LogP contribution in [0.5, 0.6) is 17.4 Å². The van der Waals surface area contributed by atoms with E-state index >= 15 is 0 Å². The van der Waals surface area contributed by atoms with E-state index in [0.717, 1.165) is 0 Å². The maximum atomic E-state index is 13.6. The van der Waals surface area contributed by atoms with Crippen molar-refractivity contribution in [3.63, 3.8) is 0 Å². The van der Waals surface area contributed by atoms with Crippen molar-refractivity contribution in [1.82, 2.24) is 4.98 Å². The molecule has 2 aromatic carbocycles. The summed E-state index contributed by atoms with van der Waals surface area (Å²) in [6, 6.07) is 16.0. The van der Waals surface area contributed by atoms with Gasteiger partial charge in [-0.1, -0.05) is 36.4 Å². The first-order valence-electron chi connectivity index (χ1n) is 9.38. The Morgan fingerprint density at radius 3 is 2.03 bits per heavy atom. The number of nitrogens with zero attached hydrogens (tertiary/aromatic N) is 1. The number of para-hydroxylation sites is 1. The second-order valence-corrected chi connectivity index (χ2v) is 6.81. The molecule has 176 valence electrons. The van der Waals surface area contributed by atoms with Gasteiger partial charge in [0.2, 0.25) is 11.5 Å². The van der Waals surface area contributed by atoms with Gasteiger partial charge in [-0.3, -0.25) is 0 Å². The van der Waals surface area contributed by atoms with E-state index in [-0.39, 0.29) is 18.2 Å². The summed E-state index contributed by atoms with van der Waals surface area (Å²) in [6.45, 7) is -1.61. The summed E-state index contributed by atoms with van der Waals surface area (Å²) < 4.78 is 91.9. The van der Waals surface area contributed by atoms with Crippen molar-refractivity contribution >= 4 is 0 Å². The second-order valence-electron chi connectivity index (χ2n) is 6.81. The zero-order valence-corrected chi connectivity index (χ0v) is 16.7. The quantitative estimate of drug-likeness (QED) is 0.423. The molecule has 1 unspecified atom stereocenters. The molecule has 0 bridgehead atoms. The van der Waals surface area contributed by atoms with E-state index in [1.165, 1.54) is 6.07 Å². The summed E-state index contributed by atoms with van der Waals surface area (Å²) in [5.41, 5.74) is -3.94. The van der Waals surface area contributed by atoms with Crippen LogP contribution >= 0.6 is 0 Å². The third-order valence-corrected chi connectivity index (χ3v) is 4.34. The van der Waals surface area contributed by atoms with Crippen LogP contribution in [0.15, 0.2) is 72.8 Å². The van der Waals surface area contributed by atoms with Crippen LogP contribution in [-0.2, 0) is 16.9 Å². The number of benzene rings is 2. The number of halogens is 6. The summed E-state index contributed by atoms with van der Waals surface area (Å²) in [7, 11) is 0. The van der Waals surface area contributed by atoms with Gasteiger partial charge in [0.05, 0.1) is 18.9 Å². The van der Waals surface area contributed by atoms with E-state index < -0.39 is 36.1 Å². The van der Waals surface area contributed by atoms with Gasteiger partial charge in [0.25, 0.3) is 0 Å². The average molecular weight is 473 g/mol. The van der Waals surface area contributed by atoms with Crippen molar-refractivity contribution in [2.75, 3.05) is 6.61 Å². The van der Waals surface area contributed by atoms with Crippen LogP contribution in [-0.4, -0.2) is 29.2 Å². The highest BCUT2D eigenvalue weighted by atomic mass is 19.4. The van der Waals surface area contributed by atoms with E-state index in [2.05, 4.69) is 9.72 Å². The SMILES string of the molecule is OC(COCc1cccc(Oc2ccccc2)n1)(c1ccc(OC(F)(F)F)cc1)C(F)(F)F. The van der Waals surface area contributed by atoms with Crippen LogP contribution in [0.25, 0.3) is 0 Å². The molecule has 0 fully saturated rings. The molecular weight excluding hydrogens is 456 g/mol. The number of pyridine rings is 1. The van der Waals surface area contributed by atoms with Crippen LogP contribution in [0, 0.1) is 0 Å². The molecule has 3 rings (SSSR count). The van der Waals surface area contributed by atoms with Crippen LogP contribution in [0.2, 0.25) is 0 Å². The summed E-state index contributed by atoms with van der Waals surface area (Å²) in [5.74, 6) is -0.0303. The molecule has 33 heavy (non-hydrogen) atoms. The molecule has 1 atom stereocenters. The lowest BCUT2D eigenvalue weighted by molar-refractivity contribution is -0.283. The van der Waals surface area contributed by atoms with Crippen LogP contribution in [0.4, 0.5) is 26.3 Å². The monoisotopic (exact) mass is 473 g/mol. The van der Waals surface area contributed by atoms with Crippen molar-refractivity contribution < 1.29 is 45.7 Å². The number of hydrogen-bond acceptors (Lipinski definition) is 5. The minimum atomic E-state index is -5.18. The van der Waals surface area contributed by atoms with Gasteiger partial charge in [-0.25, -0.2) is 4.98 Å². The second kappa shape index (κ2) is 9.67. The lowest BCUT2D eigenvalue weighted by Gasteiger charge is -2.30. The van der Waals surface area contributed by atoms with Gasteiger partial charge in [0, 0.05) is 6.07 Å². The fourth-order valence-electron chi connectivity index (χ4n) is 2.77. The highest BCUT2D eigenvalue weighted by Gasteiger charge is 2.55. The highest BCUT2D eigenvalue weighted by Crippen LogP contribution is 2.40.